The van der Waals surface area contributed by atoms with Crippen molar-refractivity contribution in [2.45, 2.75) is 43.8 Å². The maximum Gasteiger partial charge on any atom is 0.215 e. The van der Waals surface area contributed by atoms with Gasteiger partial charge >= 0.3 is 0 Å². The van der Waals surface area contributed by atoms with Crippen molar-refractivity contribution in [3.05, 3.63) is 11.4 Å². The van der Waals surface area contributed by atoms with Crippen LogP contribution in [-0.4, -0.2) is 36.7 Å². The van der Waals surface area contributed by atoms with Crippen LogP contribution in [0.1, 0.15) is 31.7 Å². The molecule has 0 spiro atoms. The molecule has 1 N–H and O–H groups in total. The van der Waals surface area contributed by atoms with Crippen LogP contribution in [0.4, 0.5) is 5.82 Å². The van der Waals surface area contributed by atoms with Crippen LogP contribution in [0.3, 0.4) is 0 Å². The number of nitrogens with zero attached hydrogens (tertiary/aromatic N) is 6. The minimum atomic E-state index is 0.719. The summed E-state index contributed by atoms with van der Waals surface area (Å²) >= 11 is 1.46. The molecular weight excluding hydrogens is 274 g/mol. The highest BCUT2D eigenvalue weighted by atomic mass is 32.2. The molecule has 2 aromatic rings. The van der Waals surface area contributed by atoms with Crippen LogP contribution in [0.15, 0.2) is 10.2 Å². The van der Waals surface area contributed by atoms with Crippen molar-refractivity contribution in [2.24, 2.45) is 7.05 Å². The molecule has 0 aliphatic carbocycles. The van der Waals surface area contributed by atoms with Gasteiger partial charge in [0.25, 0.3) is 0 Å². The van der Waals surface area contributed by atoms with E-state index in [2.05, 4.69) is 44.7 Å². The molecule has 0 saturated carbocycles. The summed E-state index contributed by atoms with van der Waals surface area (Å²) in [4.78, 5) is 9.19. The first kappa shape index (κ1) is 14.7. The summed E-state index contributed by atoms with van der Waals surface area (Å²) in [6, 6.07) is 0. The van der Waals surface area contributed by atoms with Gasteiger partial charge in [0.1, 0.15) is 16.7 Å². The number of nitrogens with one attached hydrogen (secondary N) is 1. The maximum atomic E-state index is 4.62. The quantitative estimate of drug-likeness (QED) is 0.814. The molecule has 2 rings (SSSR count). The van der Waals surface area contributed by atoms with Crippen molar-refractivity contribution in [1.29, 1.82) is 0 Å². The van der Waals surface area contributed by atoms with E-state index in [-0.39, 0.29) is 0 Å². The first-order valence-corrected chi connectivity index (χ1v) is 7.48. The maximum absolute atomic E-state index is 4.62. The molecule has 2 heterocycles. The largest absolute Gasteiger partial charge is 0.370 e. The van der Waals surface area contributed by atoms with Gasteiger partial charge in [0.15, 0.2) is 0 Å². The number of anilines is 1. The van der Waals surface area contributed by atoms with Gasteiger partial charge in [-0.15, -0.1) is 5.10 Å². The third kappa shape index (κ3) is 3.24. The van der Waals surface area contributed by atoms with E-state index in [9.17, 15) is 0 Å². The SMILES string of the molecule is CCCc1nc(NCC)c(C)c(Sc2nnnn2C)n1. The summed E-state index contributed by atoms with van der Waals surface area (Å²) in [5, 5.41) is 16.4. The van der Waals surface area contributed by atoms with Crippen LogP contribution in [0.25, 0.3) is 0 Å². The van der Waals surface area contributed by atoms with Crippen molar-refractivity contribution in [3.63, 3.8) is 0 Å². The van der Waals surface area contributed by atoms with Crippen LogP contribution in [0.2, 0.25) is 0 Å². The van der Waals surface area contributed by atoms with Gasteiger partial charge < -0.3 is 5.32 Å². The lowest BCUT2D eigenvalue weighted by Gasteiger charge is -2.12. The molecule has 0 aliphatic rings. The molecule has 0 aromatic carbocycles. The molecule has 0 aliphatic heterocycles. The average molecular weight is 293 g/mol. The summed E-state index contributed by atoms with van der Waals surface area (Å²) in [7, 11) is 1.82. The Kier molecular flexibility index (Phi) is 4.89. The second-order valence-electron chi connectivity index (χ2n) is 4.39. The number of hydrogen-bond acceptors (Lipinski definition) is 7. The van der Waals surface area contributed by atoms with Crippen molar-refractivity contribution < 1.29 is 0 Å². The summed E-state index contributed by atoms with van der Waals surface area (Å²) in [6.45, 7) is 7.02. The van der Waals surface area contributed by atoms with E-state index in [0.29, 0.717) is 0 Å². The highest BCUT2D eigenvalue weighted by Gasteiger charge is 2.14. The van der Waals surface area contributed by atoms with Gasteiger partial charge in [-0.25, -0.2) is 14.6 Å². The summed E-state index contributed by atoms with van der Waals surface area (Å²) in [5.41, 5.74) is 1.03. The molecule has 0 amide bonds. The van der Waals surface area contributed by atoms with Gasteiger partial charge in [-0.1, -0.05) is 6.92 Å². The molecule has 0 radical (unpaired) electrons. The van der Waals surface area contributed by atoms with E-state index in [1.54, 1.807) is 4.68 Å². The number of tetrazole rings is 1. The number of aryl methyl sites for hydroxylation is 2. The van der Waals surface area contributed by atoms with Crippen LogP contribution in [0, 0.1) is 6.92 Å². The van der Waals surface area contributed by atoms with Gasteiger partial charge in [0, 0.05) is 25.6 Å². The lowest BCUT2D eigenvalue weighted by molar-refractivity contribution is 0.664. The van der Waals surface area contributed by atoms with Gasteiger partial charge in [-0.2, -0.15) is 0 Å². The molecule has 8 heteroatoms. The molecule has 2 aromatic heterocycles. The molecule has 0 atom stereocenters. The Bertz CT molecular complexity index is 581. The number of hydrogen-bond donors (Lipinski definition) is 1. The standard InChI is InChI=1S/C12H19N7S/c1-5-7-9-14-10(13-6-2)8(3)11(15-9)20-12-16-17-18-19(12)4/h5-7H2,1-4H3,(H,13,14,15). The Balaban J connectivity index is 2.37. The van der Waals surface area contributed by atoms with E-state index >= 15 is 0 Å². The monoisotopic (exact) mass is 293 g/mol. The Morgan fingerprint density at radius 3 is 2.65 bits per heavy atom. The topological polar surface area (TPSA) is 81.4 Å². The molecule has 7 nitrogen and oxygen atoms in total. The third-order valence-electron chi connectivity index (χ3n) is 2.73. The second kappa shape index (κ2) is 6.65. The summed E-state index contributed by atoms with van der Waals surface area (Å²) < 4.78 is 1.64. The lowest BCUT2D eigenvalue weighted by Crippen LogP contribution is -2.08. The van der Waals surface area contributed by atoms with E-state index in [1.807, 2.05) is 14.0 Å². The van der Waals surface area contributed by atoms with Crippen LogP contribution >= 0.6 is 11.8 Å². The number of rotatable bonds is 6. The van der Waals surface area contributed by atoms with E-state index in [4.69, 9.17) is 0 Å². The smallest absolute Gasteiger partial charge is 0.215 e. The lowest BCUT2D eigenvalue weighted by atomic mass is 10.3. The predicted octanol–water partition coefficient (Wildman–Crippen LogP) is 1.84. The number of aromatic nitrogens is 6. The minimum absolute atomic E-state index is 0.719. The highest BCUT2D eigenvalue weighted by Crippen LogP contribution is 2.29. The van der Waals surface area contributed by atoms with Crippen molar-refractivity contribution in [2.75, 3.05) is 11.9 Å². The molecule has 0 bridgehead atoms. The van der Waals surface area contributed by atoms with Crippen molar-refractivity contribution >= 4 is 17.6 Å². The zero-order chi connectivity index (χ0) is 14.5. The predicted molar refractivity (Wildman–Crippen MR) is 77.8 cm³/mol. The summed E-state index contributed by atoms with van der Waals surface area (Å²) in [6.07, 6.45) is 1.88. The zero-order valence-electron chi connectivity index (χ0n) is 12.2. The van der Waals surface area contributed by atoms with Gasteiger partial charge in [-0.05, 0) is 42.5 Å². The van der Waals surface area contributed by atoms with Gasteiger partial charge in [-0.3, -0.25) is 0 Å². The van der Waals surface area contributed by atoms with Gasteiger partial charge in [0.2, 0.25) is 5.16 Å². The van der Waals surface area contributed by atoms with E-state index < -0.39 is 0 Å². The van der Waals surface area contributed by atoms with E-state index in [1.165, 1.54) is 11.8 Å². The minimum Gasteiger partial charge on any atom is -0.370 e. The molecule has 20 heavy (non-hydrogen) atoms. The zero-order valence-corrected chi connectivity index (χ0v) is 13.0. The second-order valence-corrected chi connectivity index (χ2v) is 5.34. The van der Waals surface area contributed by atoms with Crippen LogP contribution in [-0.2, 0) is 13.5 Å². The molecular formula is C12H19N7S. The van der Waals surface area contributed by atoms with Crippen molar-refractivity contribution in [1.82, 2.24) is 30.2 Å². The van der Waals surface area contributed by atoms with Crippen LogP contribution in [0.5, 0.6) is 0 Å². The fourth-order valence-electron chi connectivity index (χ4n) is 1.71. The Morgan fingerprint density at radius 1 is 1.25 bits per heavy atom. The summed E-state index contributed by atoms with van der Waals surface area (Å²) in [5.74, 6) is 1.75. The van der Waals surface area contributed by atoms with Crippen molar-refractivity contribution in [3.8, 4) is 0 Å². The van der Waals surface area contributed by atoms with Gasteiger partial charge in [0.05, 0.1) is 0 Å². The Labute approximate surface area is 122 Å². The molecule has 108 valence electrons. The van der Waals surface area contributed by atoms with Crippen LogP contribution < -0.4 is 5.32 Å². The first-order chi connectivity index (χ1) is 9.65. The molecule has 0 saturated heterocycles. The fraction of sp³-hybridized carbons (Fsp3) is 0.583. The Hall–Kier alpha value is -1.70. The molecule has 0 fully saturated rings. The first-order valence-electron chi connectivity index (χ1n) is 6.67. The average Bonchev–Trinajstić information content (AvgIpc) is 2.81. The Morgan fingerprint density at radius 2 is 2.05 bits per heavy atom. The normalized spacial score (nSPS) is 10.8. The fourth-order valence-corrected chi connectivity index (χ4v) is 2.53. The molecule has 0 unspecified atom stereocenters. The highest BCUT2D eigenvalue weighted by molar-refractivity contribution is 7.99. The van der Waals surface area contributed by atoms with E-state index in [0.717, 1.165) is 46.8 Å². The third-order valence-corrected chi connectivity index (χ3v) is 3.85.